The Balaban J connectivity index is 2.11. The van der Waals surface area contributed by atoms with Gasteiger partial charge in [-0.05, 0) is 50.8 Å². The van der Waals surface area contributed by atoms with E-state index in [1.807, 2.05) is 12.1 Å². The number of fused-ring (bicyclic) bond motifs is 1. The molecular formula is C16H25NO2S. The molecule has 0 saturated carbocycles. The second-order valence-corrected chi connectivity index (χ2v) is 5.90. The minimum atomic E-state index is -3.36. The van der Waals surface area contributed by atoms with Crippen molar-refractivity contribution in [3.63, 3.8) is 0 Å². The van der Waals surface area contributed by atoms with E-state index in [0.717, 1.165) is 29.1 Å². The summed E-state index contributed by atoms with van der Waals surface area (Å²) in [5.74, 6) is 1.54. The molecule has 0 spiro atoms. The van der Waals surface area contributed by atoms with Crippen molar-refractivity contribution in [1.82, 2.24) is 5.32 Å². The monoisotopic (exact) mass is 304 g/mol. The summed E-state index contributed by atoms with van der Waals surface area (Å²) in [4.78, 5) is 0.987. The summed E-state index contributed by atoms with van der Waals surface area (Å²) in [5.41, 5.74) is -2.02. The molecule has 3 nitrogen and oxygen atoms in total. The van der Waals surface area contributed by atoms with Crippen LogP contribution in [-0.2, 0) is 6.42 Å². The normalized spacial score (nSPS) is 25.1. The largest absolute Gasteiger partial charge is 0.490 e. The van der Waals surface area contributed by atoms with Crippen molar-refractivity contribution in [2.45, 2.75) is 49.9 Å². The van der Waals surface area contributed by atoms with Gasteiger partial charge in [-0.1, -0.05) is 12.1 Å². The van der Waals surface area contributed by atoms with Gasteiger partial charge in [0.15, 0.2) is 0 Å². The highest BCUT2D eigenvalue weighted by Crippen LogP contribution is 2.37. The predicted molar refractivity (Wildman–Crippen MR) is 84.7 cm³/mol. The van der Waals surface area contributed by atoms with E-state index >= 15 is 0 Å². The molecule has 0 radical (unpaired) electrons. The molecule has 0 amide bonds. The Morgan fingerprint density at radius 1 is 1.50 bits per heavy atom. The first-order valence-corrected chi connectivity index (χ1v) is 7.50. The molecule has 1 aromatic carbocycles. The summed E-state index contributed by atoms with van der Waals surface area (Å²) in [5, 5.41) is 12.4. The van der Waals surface area contributed by atoms with Crippen LogP contribution in [0.3, 0.4) is 0 Å². The van der Waals surface area contributed by atoms with Crippen LogP contribution < -0.4 is 10.1 Å². The number of nitrogens with one attached hydrogen (secondary N) is 1. The van der Waals surface area contributed by atoms with Crippen LogP contribution in [0.5, 0.6) is 5.75 Å². The molecule has 112 valence electrons. The summed E-state index contributed by atoms with van der Waals surface area (Å²) < 4.78 is 73.8. The third kappa shape index (κ3) is 4.69. The highest BCUT2D eigenvalue weighted by Gasteiger charge is 2.16. The highest BCUT2D eigenvalue weighted by atomic mass is 32.2. The van der Waals surface area contributed by atoms with Gasteiger partial charge in [-0.3, -0.25) is 0 Å². The van der Waals surface area contributed by atoms with Crippen LogP contribution in [0.1, 0.15) is 44.9 Å². The maximum Gasteiger partial charge on any atom is 0.133 e. The van der Waals surface area contributed by atoms with Gasteiger partial charge < -0.3 is 15.2 Å². The molecule has 0 aliphatic carbocycles. The van der Waals surface area contributed by atoms with Gasteiger partial charge in [-0.15, -0.1) is 11.8 Å². The Morgan fingerprint density at radius 2 is 2.35 bits per heavy atom. The van der Waals surface area contributed by atoms with Gasteiger partial charge in [0.1, 0.15) is 18.5 Å². The third-order valence-electron chi connectivity index (χ3n) is 2.93. The molecule has 20 heavy (non-hydrogen) atoms. The summed E-state index contributed by atoms with van der Waals surface area (Å²) in [7, 11) is 0. The zero-order valence-electron chi connectivity index (χ0n) is 20.1. The van der Waals surface area contributed by atoms with Gasteiger partial charge in [-0.2, -0.15) is 0 Å². The van der Waals surface area contributed by atoms with E-state index in [1.54, 1.807) is 17.8 Å². The smallest absolute Gasteiger partial charge is 0.133 e. The first-order valence-electron chi connectivity index (χ1n) is 11.0. The molecule has 0 aromatic heterocycles. The summed E-state index contributed by atoms with van der Waals surface area (Å²) in [6, 6.07) is 5.60. The van der Waals surface area contributed by atoms with E-state index in [-0.39, 0.29) is 6.61 Å². The molecule has 1 unspecified atom stereocenters. The average Bonchev–Trinajstić information content (AvgIpc) is 2.56. The molecule has 1 aliphatic rings. The van der Waals surface area contributed by atoms with Crippen molar-refractivity contribution in [3.8, 4) is 5.75 Å². The Kier molecular flexibility index (Phi) is 2.57. The Hall–Kier alpha value is -0.710. The molecule has 2 rings (SSSR count). The SMILES string of the molecule is [2H]C([2H])([2H])C(NCC(O)COc1cccc2c1SCCC2)(C([2H])([2H])[2H])C([2H])([2H])[2H]. The van der Waals surface area contributed by atoms with Crippen LogP contribution in [-0.4, -0.2) is 35.7 Å². The van der Waals surface area contributed by atoms with Crippen LogP contribution in [0.2, 0.25) is 0 Å². The van der Waals surface area contributed by atoms with Gasteiger partial charge in [0, 0.05) is 24.4 Å². The number of aliphatic hydroxyl groups excluding tert-OH is 1. The summed E-state index contributed by atoms with van der Waals surface area (Å²) in [6.07, 6.45) is 0.683. The van der Waals surface area contributed by atoms with Crippen LogP contribution in [0.15, 0.2) is 23.1 Å². The van der Waals surface area contributed by atoms with Crippen LogP contribution in [0.4, 0.5) is 0 Å². The lowest BCUT2D eigenvalue weighted by molar-refractivity contribution is 0.0986. The van der Waals surface area contributed by atoms with Crippen molar-refractivity contribution in [2.75, 3.05) is 18.9 Å². The summed E-state index contributed by atoms with van der Waals surface area (Å²) in [6.45, 7) is -10.9. The van der Waals surface area contributed by atoms with E-state index in [4.69, 9.17) is 17.1 Å². The minimum absolute atomic E-state index is 0.247. The maximum atomic E-state index is 10.2. The molecule has 1 aromatic rings. The van der Waals surface area contributed by atoms with Crippen molar-refractivity contribution in [3.05, 3.63) is 23.8 Å². The second kappa shape index (κ2) is 6.83. The quantitative estimate of drug-likeness (QED) is 0.878. The number of hydrogen-bond donors (Lipinski definition) is 2. The van der Waals surface area contributed by atoms with Crippen LogP contribution >= 0.6 is 11.8 Å². The minimum Gasteiger partial charge on any atom is -0.490 e. The maximum absolute atomic E-state index is 10.2. The molecular weight excluding hydrogens is 270 g/mol. The van der Waals surface area contributed by atoms with Gasteiger partial charge in [0.05, 0.1) is 4.90 Å². The Bertz CT molecular complexity index is 667. The number of hydrogen-bond acceptors (Lipinski definition) is 4. The predicted octanol–water partition coefficient (Wildman–Crippen LogP) is 2.85. The summed E-state index contributed by atoms with van der Waals surface area (Å²) >= 11 is 1.65. The van der Waals surface area contributed by atoms with E-state index < -0.39 is 38.7 Å². The molecule has 2 N–H and O–H groups in total. The molecule has 1 heterocycles. The van der Waals surface area contributed by atoms with E-state index in [9.17, 15) is 5.11 Å². The molecule has 0 bridgehead atoms. The van der Waals surface area contributed by atoms with Gasteiger partial charge >= 0.3 is 0 Å². The number of ether oxygens (including phenoxy) is 1. The van der Waals surface area contributed by atoms with Gasteiger partial charge in [0.25, 0.3) is 0 Å². The zero-order chi connectivity index (χ0) is 22.1. The van der Waals surface area contributed by atoms with Crippen LogP contribution in [0, 0.1) is 0 Å². The topological polar surface area (TPSA) is 41.5 Å². The second-order valence-electron chi connectivity index (χ2n) is 4.79. The first-order chi connectivity index (χ1) is 13.2. The van der Waals surface area contributed by atoms with Gasteiger partial charge in [-0.25, -0.2) is 0 Å². The number of rotatable bonds is 5. The van der Waals surface area contributed by atoms with E-state index in [0.29, 0.717) is 5.75 Å². The van der Waals surface area contributed by atoms with E-state index in [2.05, 4.69) is 5.32 Å². The molecule has 0 fully saturated rings. The third-order valence-corrected chi connectivity index (χ3v) is 4.18. The van der Waals surface area contributed by atoms with Crippen molar-refractivity contribution < 1.29 is 22.2 Å². The lowest BCUT2D eigenvalue weighted by Crippen LogP contribution is -2.42. The average molecular weight is 305 g/mol. The number of thioether (sulfide) groups is 1. The molecule has 0 saturated heterocycles. The lowest BCUT2D eigenvalue weighted by atomic mass is 10.1. The van der Waals surface area contributed by atoms with Crippen molar-refractivity contribution in [2.24, 2.45) is 0 Å². The number of aliphatic hydroxyl groups is 1. The fraction of sp³-hybridized carbons (Fsp3) is 0.625. The first kappa shape index (κ1) is 7.52. The fourth-order valence-corrected chi connectivity index (χ4v) is 3.11. The molecule has 4 heteroatoms. The van der Waals surface area contributed by atoms with Crippen LogP contribution in [0.25, 0.3) is 0 Å². The lowest BCUT2D eigenvalue weighted by Gasteiger charge is -2.24. The molecule has 1 aliphatic heterocycles. The van der Waals surface area contributed by atoms with E-state index in [1.165, 1.54) is 0 Å². The van der Waals surface area contributed by atoms with Crippen molar-refractivity contribution >= 4 is 11.8 Å². The fourth-order valence-electron chi connectivity index (χ4n) is 1.99. The Labute approximate surface area is 138 Å². The highest BCUT2D eigenvalue weighted by molar-refractivity contribution is 7.99. The van der Waals surface area contributed by atoms with Crippen molar-refractivity contribution in [1.29, 1.82) is 0 Å². The number of aryl methyl sites for hydroxylation is 1. The number of β-amino-alcohol motifs (C(OH)–C–C–N with tert-alkyl or cyclic N) is 1. The zero-order valence-corrected chi connectivity index (χ0v) is 11.9. The Morgan fingerprint density at radius 3 is 3.15 bits per heavy atom. The molecule has 1 atom stereocenters. The standard InChI is InChI=1S/C16H25NO2S/c1-16(2,3)17-10-13(18)11-19-14-8-4-6-12-7-5-9-20-15(12)14/h4,6,8,13,17-18H,5,7,9-11H2,1-3H3/i1D3,2D3,3D3. The number of benzene rings is 1. The van der Waals surface area contributed by atoms with Gasteiger partial charge in [0.2, 0.25) is 0 Å².